The van der Waals surface area contributed by atoms with Gasteiger partial charge in [-0.05, 0) is 0 Å². The lowest BCUT2D eigenvalue weighted by molar-refractivity contribution is -0.425. The van der Waals surface area contributed by atoms with Crippen LogP contribution in [0.15, 0.2) is 6.20 Å². The summed E-state index contributed by atoms with van der Waals surface area (Å²) >= 11 is 0. The number of halogens is 3. The normalized spacial score (nSPS) is 12.0. The number of imidazole rings is 1. The molecule has 0 bridgehead atoms. The average Bonchev–Trinajstić information content (AvgIpc) is 2.11. The van der Waals surface area contributed by atoms with E-state index in [-0.39, 0.29) is 0 Å². The lowest BCUT2D eigenvalue weighted by atomic mass is 10.6. The van der Waals surface area contributed by atoms with Crippen LogP contribution in [0.2, 0.25) is 0 Å². The van der Waals surface area contributed by atoms with Crippen molar-refractivity contribution in [3.8, 4) is 0 Å². The number of H-pyrrole nitrogens is 2. The van der Waals surface area contributed by atoms with Crippen LogP contribution in [-0.4, -0.2) is 4.98 Å². The van der Waals surface area contributed by atoms with Crippen LogP contribution in [0.1, 0.15) is 11.5 Å². The van der Waals surface area contributed by atoms with Gasteiger partial charge in [0.2, 0.25) is 0 Å². The van der Waals surface area contributed by atoms with E-state index in [9.17, 15) is 13.2 Å². The highest BCUT2D eigenvalue weighted by atomic mass is 19.4. The molecule has 1 heterocycles. The highest BCUT2D eigenvalue weighted by molar-refractivity contribution is 4.92. The predicted octanol–water partition coefficient (Wildman–Crippen LogP) is 1.16. The Morgan fingerprint density at radius 3 is 2.30 bits per heavy atom. The Balaban J connectivity index is 2.96. The molecule has 0 unspecified atom stereocenters. The average molecular weight is 151 g/mol. The molecule has 0 aromatic carbocycles. The maximum Gasteiger partial charge on any atom is 0.494 e. The van der Waals surface area contributed by atoms with E-state index in [2.05, 4.69) is 9.97 Å². The Hall–Kier alpha value is -1.00. The molecule has 0 aliphatic heterocycles. The van der Waals surface area contributed by atoms with Gasteiger partial charge in [0.15, 0.2) is 0 Å². The Morgan fingerprint density at radius 1 is 1.50 bits per heavy atom. The molecule has 0 spiro atoms. The number of aromatic nitrogens is 2. The van der Waals surface area contributed by atoms with Gasteiger partial charge in [0.05, 0.1) is 0 Å². The summed E-state index contributed by atoms with van der Waals surface area (Å²) in [6.45, 7) is 1.55. The first-order valence-electron chi connectivity index (χ1n) is 2.64. The van der Waals surface area contributed by atoms with Gasteiger partial charge in [-0.15, -0.1) is 0 Å². The molecule has 2 nitrogen and oxygen atoms in total. The fourth-order valence-corrected chi connectivity index (χ4v) is 0.602. The molecular weight excluding hydrogens is 145 g/mol. The van der Waals surface area contributed by atoms with Gasteiger partial charge in [-0.3, -0.25) is 0 Å². The summed E-state index contributed by atoms with van der Waals surface area (Å²) in [6.07, 6.45) is -3.03. The highest BCUT2D eigenvalue weighted by Crippen LogP contribution is 2.23. The van der Waals surface area contributed by atoms with E-state index in [1.165, 1.54) is 6.20 Å². The highest BCUT2D eigenvalue weighted by Gasteiger charge is 2.39. The lowest BCUT2D eigenvalue weighted by Crippen LogP contribution is -2.17. The molecule has 10 heavy (non-hydrogen) atoms. The van der Waals surface area contributed by atoms with Gasteiger partial charge < -0.3 is 0 Å². The Bertz CT molecular complexity index is 225. The summed E-state index contributed by atoms with van der Waals surface area (Å²) in [5.74, 6) is -0.815. The minimum absolute atomic E-state index is 0.465. The summed E-state index contributed by atoms with van der Waals surface area (Å²) < 4.78 is 35.2. The van der Waals surface area contributed by atoms with Gasteiger partial charge in [0, 0.05) is 6.92 Å². The van der Waals surface area contributed by atoms with Crippen molar-refractivity contribution in [1.29, 1.82) is 0 Å². The molecule has 5 heteroatoms. The van der Waals surface area contributed by atoms with Crippen molar-refractivity contribution < 1.29 is 18.2 Å². The van der Waals surface area contributed by atoms with E-state index >= 15 is 0 Å². The number of nitrogens with one attached hydrogen (secondary N) is 2. The first-order valence-corrected chi connectivity index (χ1v) is 2.64. The van der Waals surface area contributed by atoms with Crippen molar-refractivity contribution in [2.75, 3.05) is 0 Å². The maximum absolute atomic E-state index is 11.7. The zero-order chi connectivity index (χ0) is 7.78. The minimum atomic E-state index is -4.30. The molecule has 56 valence electrons. The van der Waals surface area contributed by atoms with Crippen LogP contribution in [0, 0.1) is 6.92 Å². The largest absolute Gasteiger partial charge is 0.494 e. The topological polar surface area (TPSA) is 29.9 Å². The minimum Gasteiger partial charge on any atom is -0.239 e. The molecule has 1 aromatic rings. The van der Waals surface area contributed by atoms with E-state index in [1.807, 2.05) is 0 Å². The zero-order valence-electron chi connectivity index (χ0n) is 5.21. The van der Waals surface area contributed by atoms with Gasteiger partial charge in [-0.2, -0.15) is 13.2 Å². The monoisotopic (exact) mass is 151 g/mol. The Labute approximate surface area is 55.1 Å². The first-order chi connectivity index (χ1) is 4.50. The van der Waals surface area contributed by atoms with Crippen LogP contribution >= 0.6 is 0 Å². The third-order valence-corrected chi connectivity index (χ3v) is 1.04. The third-order valence-electron chi connectivity index (χ3n) is 1.04. The second-order valence-corrected chi connectivity index (χ2v) is 1.97. The lowest BCUT2D eigenvalue weighted by Gasteiger charge is -1.93. The van der Waals surface area contributed by atoms with Crippen LogP contribution in [0.25, 0.3) is 0 Å². The fourth-order valence-electron chi connectivity index (χ4n) is 0.602. The molecule has 2 N–H and O–H groups in total. The zero-order valence-corrected chi connectivity index (χ0v) is 5.21. The molecule has 0 atom stereocenters. The molecule has 0 aliphatic rings. The van der Waals surface area contributed by atoms with Gasteiger partial charge >= 0.3 is 12.0 Å². The van der Waals surface area contributed by atoms with E-state index in [1.54, 1.807) is 6.92 Å². The first kappa shape index (κ1) is 7.11. The van der Waals surface area contributed by atoms with Gasteiger partial charge in [-0.25, -0.2) is 9.97 Å². The van der Waals surface area contributed by atoms with Crippen molar-refractivity contribution >= 4 is 0 Å². The van der Waals surface area contributed by atoms with Crippen LogP contribution in [0.5, 0.6) is 0 Å². The molecule has 0 amide bonds. The standard InChI is InChI=1S/C5H5F3N2/c1-3-2-9-4(10-3)5(6,7)8/h2H,1H3,(H,9,10)/p+1. The van der Waals surface area contributed by atoms with Gasteiger partial charge in [0.25, 0.3) is 0 Å². The van der Waals surface area contributed by atoms with Crippen molar-refractivity contribution in [1.82, 2.24) is 4.98 Å². The van der Waals surface area contributed by atoms with Crippen LogP contribution in [0.3, 0.4) is 0 Å². The summed E-state index contributed by atoms with van der Waals surface area (Å²) in [4.78, 5) is 4.20. The number of rotatable bonds is 0. The summed E-state index contributed by atoms with van der Waals surface area (Å²) in [6, 6.07) is 0. The number of hydrogen-bond donors (Lipinski definition) is 1. The SMILES string of the molecule is Cc1c[nH+]c(C(F)(F)F)[nH]1. The van der Waals surface area contributed by atoms with Crippen molar-refractivity contribution in [3.05, 3.63) is 17.7 Å². The van der Waals surface area contributed by atoms with E-state index in [0.29, 0.717) is 5.69 Å². The molecule has 1 aromatic heterocycles. The van der Waals surface area contributed by atoms with Crippen molar-refractivity contribution in [2.24, 2.45) is 0 Å². The third kappa shape index (κ3) is 1.29. The second kappa shape index (κ2) is 2.00. The molecule has 0 saturated heterocycles. The number of aryl methyl sites for hydroxylation is 1. The van der Waals surface area contributed by atoms with E-state index in [0.717, 1.165) is 0 Å². The maximum atomic E-state index is 11.7. The summed E-state index contributed by atoms with van der Waals surface area (Å²) in [5, 5.41) is 0. The quantitative estimate of drug-likeness (QED) is 0.576. The van der Waals surface area contributed by atoms with E-state index < -0.39 is 12.0 Å². The molecule has 0 saturated carbocycles. The predicted molar refractivity (Wildman–Crippen MR) is 27.1 cm³/mol. The Morgan fingerprint density at radius 2 is 2.10 bits per heavy atom. The number of alkyl halides is 3. The molecule has 0 fully saturated rings. The van der Waals surface area contributed by atoms with Crippen LogP contribution in [0.4, 0.5) is 13.2 Å². The van der Waals surface area contributed by atoms with Gasteiger partial charge in [-0.1, -0.05) is 0 Å². The van der Waals surface area contributed by atoms with Crippen LogP contribution in [-0.2, 0) is 6.18 Å². The van der Waals surface area contributed by atoms with Gasteiger partial charge in [0.1, 0.15) is 11.9 Å². The molecule has 0 radical (unpaired) electrons. The molecule has 0 aliphatic carbocycles. The van der Waals surface area contributed by atoms with Crippen LogP contribution < -0.4 is 4.98 Å². The number of aromatic amines is 2. The molecule has 1 rings (SSSR count). The van der Waals surface area contributed by atoms with E-state index in [4.69, 9.17) is 0 Å². The van der Waals surface area contributed by atoms with Crippen molar-refractivity contribution in [2.45, 2.75) is 13.1 Å². The Kier molecular flexibility index (Phi) is 1.42. The summed E-state index contributed by atoms with van der Waals surface area (Å²) in [5.41, 5.74) is 0.465. The van der Waals surface area contributed by atoms with Crippen molar-refractivity contribution in [3.63, 3.8) is 0 Å². The molecular formula is C5H6F3N2+. The smallest absolute Gasteiger partial charge is 0.239 e. The number of hydrogen-bond acceptors (Lipinski definition) is 0. The second-order valence-electron chi connectivity index (χ2n) is 1.97. The fraction of sp³-hybridized carbons (Fsp3) is 0.400. The summed E-state index contributed by atoms with van der Waals surface area (Å²) in [7, 11) is 0.